The first-order chi connectivity index (χ1) is 13.2. The molecule has 1 saturated carbocycles. The van der Waals surface area contributed by atoms with Crippen LogP contribution in [0.2, 0.25) is 0 Å². The summed E-state index contributed by atoms with van der Waals surface area (Å²) in [4.78, 5) is 36.6. The standard InChI is InChI=1S/C20H24N4O3/c25-18-5-4-16(11-21-18)20(26)24-8-6-14(7-9-24)12-27-19-10-17(22-13-23-19)15-2-1-3-15/h4-5,10-11,13-15H,1-3,6-9,12H2,(H,21,25). The lowest BCUT2D eigenvalue weighted by atomic mass is 9.83. The lowest BCUT2D eigenvalue weighted by molar-refractivity contribution is 0.0658. The van der Waals surface area contributed by atoms with Gasteiger partial charge in [-0.3, -0.25) is 9.59 Å². The zero-order valence-corrected chi connectivity index (χ0v) is 15.3. The molecule has 0 bridgehead atoms. The summed E-state index contributed by atoms with van der Waals surface area (Å²) in [6, 6.07) is 4.93. The minimum atomic E-state index is -0.201. The van der Waals surface area contributed by atoms with Crippen molar-refractivity contribution in [2.45, 2.75) is 38.0 Å². The van der Waals surface area contributed by atoms with Gasteiger partial charge >= 0.3 is 0 Å². The summed E-state index contributed by atoms with van der Waals surface area (Å²) < 4.78 is 5.90. The number of rotatable bonds is 5. The third-order valence-electron chi connectivity index (χ3n) is 5.59. The quantitative estimate of drug-likeness (QED) is 0.875. The van der Waals surface area contributed by atoms with E-state index in [2.05, 4.69) is 15.0 Å². The molecule has 2 aliphatic rings. The minimum absolute atomic E-state index is 0.0356. The van der Waals surface area contributed by atoms with Crippen LogP contribution in [-0.4, -0.2) is 45.5 Å². The Bertz CT molecular complexity index is 834. The number of pyridine rings is 1. The Kier molecular flexibility index (Phi) is 5.18. The number of carbonyl (C=O) groups is 1. The normalized spacial score (nSPS) is 18.1. The topological polar surface area (TPSA) is 88.2 Å². The summed E-state index contributed by atoms with van der Waals surface area (Å²) in [5.41, 5.74) is 1.41. The van der Waals surface area contributed by atoms with Gasteiger partial charge in [-0.1, -0.05) is 6.42 Å². The van der Waals surface area contributed by atoms with E-state index in [0.29, 0.717) is 43.0 Å². The van der Waals surface area contributed by atoms with E-state index in [-0.39, 0.29) is 11.5 Å². The maximum atomic E-state index is 12.5. The van der Waals surface area contributed by atoms with Crippen LogP contribution < -0.4 is 10.3 Å². The van der Waals surface area contributed by atoms with Gasteiger partial charge in [0.1, 0.15) is 6.33 Å². The summed E-state index contributed by atoms with van der Waals surface area (Å²) in [5, 5.41) is 0. The minimum Gasteiger partial charge on any atom is -0.477 e. The number of nitrogens with one attached hydrogen (secondary N) is 1. The van der Waals surface area contributed by atoms with Gasteiger partial charge in [0.05, 0.1) is 17.9 Å². The molecule has 0 aromatic carbocycles. The van der Waals surface area contributed by atoms with Gasteiger partial charge in [0.2, 0.25) is 11.4 Å². The van der Waals surface area contributed by atoms with Crippen LogP contribution in [0.15, 0.2) is 35.5 Å². The van der Waals surface area contributed by atoms with Crippen molar-refractivity contribution in [1.29, 1.82) is 0 Å². The first kappa shape index (κ1) is 17.7. The first-order valence-electron chi connectivity index (χ1n) is 9.62. The zero-order chi connectivity index (χ0) is 18.6. The van der Waals surface area contributed by atoms with Crippen molar-refractivity contribution in [3.05, 3.63) is 52.3 Å². The molecule has 4 rings (SSSR count). The molecule has 1 aliphatic carbocycles. The first-order valence-corrected chi connectivity index (χ1v) is 9.62. The molecule has 142 valence electrons. The second kappa shape index (κ2) is 7.90. The number of ether oxygens (including phenoxy) is 1. The number of hydrogen-bond donors (Lipinski definition) is 1. The number of piperidine rings is 1. The summed E-state index contributed by atoms with van der Waals surface area (Å²) in [6.07, 6.45) is 8.56. The number of H-pyrrole nitrogens is 1. The molecular weight excluding hydrogens is 344 g/mol. The van der Waals surface area contributed by atoms with Crippen LogP contribution in [0.5, 0.6) is 5.88 Å². The predicted octanol–water partition coefficient (Wildman–Crippen LogP) is 2.36. The molecule has 0 unspecified atom stereocenters. The summed E-state index contributed by atoms with van der Waals surface area (Å²) in [6.45, 7) is 2.01. The fourth-order valence-electron chi connectivity index (χ4n) is 3.59. The fourth-order valence-corrected chi connectivity index (χ4v) is 3.59. The summed E-state index contributed by atoms with van der Waals surface area (Å²) in [5.74, 6) is 1.59. The van der Waals surface area contributed by atoms with Crippen LogP contribution in [0.25, 0.3) is 0 Å². The second-order valence-corrected chi connectivity index (χ2v) is 7.40. The highest BCUT2D eigenvalue weighted by atomic mass is 16.5. The van der Waals surface area contributed by atoms with Crippen molar-refractivity contribution >= 4 is 5.91 Å². The van der Waals surface area contributed by atoms with E-state index in [9.17, 15) is 9.59 Å². The molecule has 27 heavy (non-hydrogen) atoms. The van der Waals surface area contributed by atoms with Crippen LogP contribution in [0.3, 0.4) is 0 Å². The van der Waals surface area contributed by atoms with E-state index in [1.54, 1.807) is 12.4 Å². The largest absolute Gasteiger partial charge is 0.477 e. The average molecular weight is 368 g/mol. The molecule has 1 N–H and O–H groups in total. The van der Waals surface area contributed by atoms with Crippen molar-refractivity contribution in [3.8, 4) is 5.88 Å². The number of aromatic amines is 1. The van der Waals surface area contributed by atoms with Gasteiger partial charge in [0, 0.05) is 37.3 Å². The molecular formula is C20H24N4O3. The van der Waals surface area contributed by atoms with Gasteiger partial charge in [0.15, 0.2) is 0 Å². The smallest absolute Gasteiger partial charge is 0.255 e. The Morgan fingerprint density at radius 2 is 2.00 bits per heavy atom. The molecule has 1 saturated heterocycles. The second-order valence-electron chi connectivity index (χ2n) is 7.40. The van der Waals surface area contributed by atoms with Crippen LogP contribution in [0, 0.1) is 5.92 Å². The highest BCUT2D eigenvalue weighted by Crippen LogP contribution is 2.35. The van der Waals surface area contributed by atoms with Crippen LogP contribution in [-0.2, 0) is 0 Å². The number of hydrogen-bond acceptors (Lipinski definition) is 5. The van der Waals surface area contributed by atoms with Crippen LogP contribution in [0.1, 0.15) is 54.1 Å². The lowest BCUT2D eigenvalue weighted by Gasteiger charge is -2.31. The number of aromatic nitrogens is 3. The van der Waals surface area contributed by atoms with Crippen LogP contribution in [0.4, 0.5) is 0 Å². The van der Waals surface area contributed by atoms with Gasteiger partial charge in [-0.25, -0.2) is 9.97 Å². The Labute approximate surface area is 157 Å². The van der Waals surface area contributed by atoms with Crippen LogP contribution >= 0.6 is 0 Å². The Balaban J connectivity index is 1.26. The lowest BCUT2D eigenvalue weighted by Crippen LogP contribution is -2.39. The third-order valence-corrected chi connectivity index (χ3v) is 5.59. The van der Waals surface area contributed by atoms with E-state index in [4.69, 9.17) is 4.74 Å². The summed E-state index contributed by atoms with van der Waals surface area (Å²) in [7, 11) is 0. The van der Waals surface area contributed by atoms with Crippen molar-refractivity contribution in [3.63, 3.8) is 0 Å². The summed E-state index contributed by atoms with van der Waals surface area (Å²) >= 11 is 0. The number of likely N-dealkylation sites (tertiary alicyclic amines) is 1. The number of nitrogens with zero attached hydrogens (tertiary/aromatic N) is 3. The maximum Gasteiger partial charge on any atom is 0.255 e. The maximum absolute atomic E-state index is 12.5. The van der Waals surface area contributed by atoms with E-state index in [0.717, 1.165) is 18.5 Å². The molecule has 2 aromatic rings. The van der Waals surface area contributed by atoms with E-state index >= 15 is 0 Å². The fraction of sp³-hybridized carbons (Fsp3) is 0.500. The Morgan fingerprint density at radius 1 is 1.19 bits per heavy atom. The zero-order valence-electron chi connectivity index (χ0n) is 15.3. The Morgan fingerprint density at radius 3 is 2.67 bits per heavy atom. The van der Waals surface area contributed by atoms with E-state index < -0.39 is 0 Å². The molecule has 2 aromatic heterocycles. The number of amides is 1. The van der Waals surface area contributed by atoms with Gasteiger partial charge in [-0.05, 0) is 37.7 Å². The molecule has 7 nitrogen and oxygen atoms in total. The SMILES string of the molecule is O=C(c1ccc(=O)[nH]c1)N1CCC(COc2cc(C3CCC3)ncn2)CC1. The van der Waals surface area contributed by atoms with Crippen molar-refractivity contribution < 1.29 is 9.53 Å². The molecule has 0 radical (unpaired) electrons. The third kappa shape index (κ3) is 4.18. The molecule has 1 amide bonds. The van der Waals surface area contributed by atoms with E-state index in [1.165, 1.54) is 31.5 Å². The van der Waals surface area contributed by atoms with Gasteiger partial charge in [-0.2, -0.15) is 0 Å². The Hall–Kier alpha value is -2.70. The van der Waals surface area contributed by atoms with Gasteiger partial charge in [-0.15, -0.1) is 0 Å². The molecule has 2 fully saturated rings. The molecule has 0 atom stereocenters. The molecule has 0 spiro atoms. The van der Waals surface area contributed by atoms with Crippen molar-refractivity contribution in [2.24, 2.45) is 5.92 Å². The van der Waals surface area contributed by atoms with Gasteiger partial charge in [0.25, 0.3) is 5.91 Å². The predicted molar refractivity (Wildman–Crippen MR) is 99.8 cm³/mol. The highest BCUT2D eigenvalue weighted by Gasteiger charge is 2.25. The monoisotopic (exact) mass is 368 g/mol. The molecule has 1 aliphatic heterocycles. The van der Waals surface area contributed by atoms with Gasteiger partial charge < -0.3 is 14.6 Å². The highest BCUT2D eigenvalue weighted by molar-refractivity contribution is 5.93. The average Bonchev–Trinajstić information content (AvgIpc) is 2.66. The van der Waals surface area contributed by atoms with Crippen molar-refractivity contribution in [1.82, 2.24) is 19.9 Å². The molecule has 7 heteroatoms. The van der Waals surface area contributed by atoms with E-state index in [1.807, 2.05) is 11.0 Å². The van der Waals surface area contributed by atoms with Crippen molar-refractivity contribution in [2.75, 3.05) is 19.7 Å². The molecule has 3 heterocycles. The number of carbonyl (C=O) groups excluding carboxylic acids is 1.